The van der Waals surface area contributed by atoms with Crippen LogP contribution in [0.25, 0.3) is 10.2 Å². The van der Waals surface area contributed by atoms with Crippen LogP contribution in [-0.2, 0) is 17.8 Å². The minimum atomic E-state index is -0.108. The minimum Gasteiger partial charge on any atom is -0.496 e. The van der Waals surface area contributed by atoms with Crippen molar-refractivity contribution in [2.24, 2.45) is 0 Å². The summed E-state index contributed by atoms with van der Waals surface area (Å²) >= 11 is 1.50. The minimum absolute atomic E-state index is 0.0518. The summed E-state index contributed by atoms with van der Waals surface area (Å²) in [6.45, 7) is 3.96. The van der Waals surface area contributed by atoms with Gasteiger partial charge in [-0.25, -0.2) is 4.98 Å². The number of fused-ring (bicyclic) bond motifs is 1. The molecule has 0 bridgehead atoms. The molecule has 4 rings (SSSR count). The molecule has 1 heterocycles. The van der Waals surface area contributed by atoms with Gasteiger partial charge in [-0.3, -0.25) is 14.5 Å². The zero-order valence-electron chi connectivity index (χ0n) is 18.3. The Morgan fingerprint density at radius 3 is 2.53 bits per heavy atom. The number of hydrogen-bond donors (Lipinski definition) is 0. The van der Waals surface area contributed by atoms with Crippen molar-refractivity contribution in [2.45, 2.75) is 26.8 Å². The van der Waals surface area contributed by atoms with E-state index in [4.69, 9.17) is 9.72 Å². The molecule has 0 atom stereocenters. The average Bonchev–Trinajstić information content (AvgIpc) is 3.20. The summed E-state index contributed by atoms with van der Waals surface area (Å²) in [4.78, 5) is 31.9. The molecular formula is C26H24N2O3S. The molecule has 32 heavy (non-hydrogen) atoms. The quantitative estimate of drug-likeness (QED) is 0.349. The molecule has 0 spiro atoms. The number of carbonyl (C=O) groups excluding carboxylic acids is 2. The summed E-state index contributed by atoms with van der Waals surface area (Å²) in [7, 11) is 1.56. The number of benzene rings is 3. The van der Waals surface area contributed by atoms with Crippen LogP contribution in [0.2, 0.25) is 0 Å². The molecule has 0 saturated carbocycles. The molecule has 0 N–H and O–H groups in total. The largest absolute Gasteiger partial charge is 0.496 e. The molecule has 0 saturated heterocycles. The Kier molecular flexibility index (Phi) is 6.32. The number of aryl methyl sites for hydroxylation is 1. The maximum Gasteiger partial charge on any atom is 0.233 e. The van der Waals surface area contributed by atoms with Gasteiger partial charge in [-0.15, -0.1) is 0 Å². The van der Waals surface area contributed by atoms with Crippen LogP contribution in [0.15, 0.2) is 66.7 Å². The smallest absolute Gasteiger partial charge is 0.233 e. The maximum absolute atomic E-state index is 13.6. The van der Waals surface area contributed by atoms with Gasteiger partial charge in [-0.2, -0.15) is 0 Å². The summed E-state index contributed by atoms with van der Waals surface area (Å²) in [6.07, 6.45) is 0.103. The number of rotatable bonds is 7. The van der Waals surface area contributed by atoms with Gasteiger partial charge in [0.15, 0.2) is 10.9 Å². The topological polar surface area (TPSA) is 59.5 Å². The summed E-state index contributed by atoms with van der Waals surface area (Å²) in [6, 6.07) is 21.1. The zero-order valence-corrected chi connectivity index (χ0v) is 19.1. The summed E-state index contributed by atoms with van der Waals surface area (Å²) in [5.41, 5.74) is 4.27. The van der Waals surface area contributed by atoms with Crippen LogP contribution >= 0.6 is 11.3 Å². The third-order valence-corrected chi connectivity index (χ3v) is 6.32. The van der Waals surface area contributed by atoms with E-state index in [1.807, 2.05) is 49.4 Å². The molecular weight excluding hydrogens is 420 g/mol. The molecule has 0 aliphatic rings. The number of ketones is 1. The number of aromatic nitrogens is 1. The molecule has 4 aromatic rings. The van der Waals surface area contributed by atoms with Crippen LogP contribution in [0.5, 0.6) is 5.75 Å². The summed E-state index contributed by atoms with van der Waals surface area (Å²) < 4.78 is 6.49. The first-order valence-electron chi connectivity index (χ1n) is 10.3. The Morgan fingerprint density at radius 1 is 1.03 bits per heavy atom. The highest BCUT2D eigenvalue weighted by atomic mass is 32.1. The van der Waals surface area contributed by atoms with Gasteiger partial charge in [0, 0.05) is 11.1 Å². The van der Waals surface area contributed by atoms with Crippen molar-refractivity contribution in [3.05, 3.63) is 89.0 Å². The Labute approximate surface area is 191 Å². The van der Waals surface area contributed by atoms with E-state index in [0.29, 0.717) is 28.6 Å². The summed E-state index contributed by atoms with van der Waals surface area (Å²) in [5.74, 6) is 0.426. The fraction of sp³-hybridized carbons (Fsp3) is 0.192. The van der Waals surface area contributed by atoms with Crippen LogP contribution in [0, 0.1) is 6.92 Å². The molecule has 0 fully saturated rings. The average molecular weight is 445 g/mol. The monoisotopic (exact) mass is 444 g/mol. The predicted octanol–water partition coefficient (Wildman–Crippen LogP) is 5.59. The normalized spacial score (nSPS) is 10.8. The molecule has 5 nitrogen and oxygen atoms in total. The van der Waals surface area contributed by atoms with E-state index in [2.05, 4.69) is 6.07 Å². The van der Waals surface area contributed by atoms with Crippen LogP contribution in [0.4, 0.5) is 5.13 Å². The van der Waals surface area contributed by atoms with Gasteiger partial charge in [0.05, 0.1) is 30.3 Å². The number of carbonyl (C=O) groups is 2. The Balaban J connectivity index is 1.71. The van der Waals surface area contributed by atoms with Crippen molar-refractivity contribution in [3.8, 4) is 5.75 Å². The maximum atomic E-state index is 13.6. The van der Waals surface area contributed by atoms with E-state index in [-0.39, 0.29) is 18.1 Å². The molecule has 6 heteroatoms. The lowest BCUT2D eigenvalue weighted by Crippen LogP contribution is -2.31. The lowest BCUT2D eigenvalue weighted by atomic mass is 10.0. The molecule has 0 aliphatic heterocycles. The number of amides is 1. The fourth-order valence-corrected chi connectivity index (χ4v) is 4.64. The third-order valence-electron chi connectivity index (χ3n) is 5.28. The molecule has 162 valence electrons. The number of ether oxygens (including phenoxy) is 1. The van der Waals surface area contributed by atoms with Gasteiger partial charge in [0.2, 0.25) is 5.91 Å². The number of anilines is 1. The van der Waals surface area contributed by atoms with E-state index in [1.54, 1.807) is 30.2 Å². The second-order valence-electron chi connectivity index (χ2n) is 7.69. The molecule has 3 aromatic carbocycles. The van der Waals surface area contributed by atoms with Crippen molar-refractivity contribution in [1.29, 1.82) is 0 Å². The van der Waals surface area contributed by atoms with Crippen molar-refractivity contribution < 1.29 is 14.3 Å². The van der Waals surface area contributed by atoms with E-state index in [0.717, 1.165) is 21.3 Å². The van der Waals surface area contributed by atoms with Crippen molar-refractivity contribution in [3.63, 3.8) is 0 Å². The van der Waals surface area contributed by atoms with Gasteiger partial charge < -0.3 is 4.74 Å². The molecule has 0 aliphatic carbocycles. The Bertz CT molecular complexity index is 1280. The standard InChI is InChI=1S/C26H24N2O3S/c1-17-9-11-22-24(13-17)32-26(27-22)28(16-19-7-5-4-6-8-19)25(30)15-21-14-20(18(2)29)10-12-23(21)31-3/h4-14H,15-16H2,1-3H3. The molecule has 0 unspecified atom stereocenters. The van der Waals surface area contributed by atoms with Crippen molar-refractivity contribution in [2.75, 3.05) is 12.0 Å². The fourth-order valence-electron chi connectivity index (χ4n) is 3.56. The van der Waals surface area contributed by atoms with Gasteiger partial charge in [-0.05, 0) is 55.3 Å². The van der Waals surface area contributed by atoms with Crippen LogP contribution in [-0.4, -0.2) is 23.8 Å². The second kappa shape index (κ2) is 9.32. The number of hydrogen-bond acceptors (Lipinski definition) is 5. The van der Waals surface area contributed by atoms with Gasteiger partial charge in [0.1, 0.15) is 5.75 Å². The highest BCUT2D eigenvalue weighted by Gasteiger charge is 2.22. The highest BCUT2D eigenvalue weighted by Crippen LogP contribution is 2.31. The van der Waals surface area contributed by atoms with Gasteiger partial charge in [-0.1, -0.05) is 47.7 Å². The SMILES string of the molecule is COc1ccc(C(C)=O)cc1CC(=O)N(Cc1ccccc1)c1nc2ccc(C)cc2s1. The van der Waals surface area contributed by atoms with Gasteiger partial charge >= 0.3 is 0 Å². The first kappa shape index (κ1) is 21.7. The van der Waals surface area contributed by atoms with E-state index in [1.165, 1.54) is 18.3 Å². The lowest BCUT2D eigenvalue weighted by Gasteiger charge is -2.21. The van der Waals surface area contributed by atoms with Crippen LogP contribution in [0.3, 0.4) is 0 Å². The van der Waals surface area contributed by atoms with E-state index >= 15 is 0 Å². The number of methoxy groups -OCH3 is 1. The predicted molar refractivity (Wildman–Crippen MR) is 129 cm³/mol. The summed E-state index contributed by atoms with van der Waals surface area (Å²) in [5, 5.41) is 0.654. The number of Topliss-reactive ketones (excluding diaryl/α,β-unsaturated/α-hetero) is 1. The number of thiazole rings is 1. The first-order chi connectivity index (χ1) is 15.4. The number of nitrogens with zero attached hydrogens (tertiary/aromatic N) is 2. The van der Waals surface area contributed by atoms with E-state index < -0.39 is 0 Å². The van der Waals surface area contributed by atoms with Gasteiger partial charge in [0.25, 0.3) is 0 Å². The third kappa shape index (κ3) is 4.70. The second-order valence-corrected chi connectivity index (χ2v) is 8.70. The lowest BCUT2D eigenvalue weighted by molar-refractivity contribution is -0.118. The highest BCUT2D eigenvalue weighted by molar-refractivity contribution is 7.22. The molecule has 1 aromatic heterocycles. The zero-order chi connectivity index (χ0) is 22.7. The molecule has 1 amide bonds. The Morgan fingerprint density at radius 2 is 1.81 bits per heavy atom. The van der Waals surface area contributed by atoms with E-state index in [9.17, 15) is 9.59 Å². The van der Waals surface area contributed by atoms with Crippen LogP contribution in [0.1, 0.15) is 34.0 Å². The van der Waals surface area contributed by atoms with Crippen molar-refractivity contribution in [1.82, 2.24) is 4.98 Å². The Hall–Kier alpha value is -3.51. The first-order valence-corrected chi connectivity index (χ1v) is 11.2. The molecule has 0 radical (unpaired) electrons. The van der Waals surface area contributed by atoms with Crippen molar-refractivity contribution >= 4 is 38.4 Å². The van der Waals surface area contributed by atoms with Crippen LogP contribution < -0.4 is 9.64 Å².